The van der Waals surface area contributed by atoms with E-state index in [2.05, 4.69) is 16.2 Å². The number of carbonyl (C=O) groups excluding carboxylic acids is 1. The fourth-order valence-electron chi connectivity index (χ4n) is 3.25. The fourth-order valence-corrected chi connectivity index (χ4v) is 4.40. The molecule has 1 saturated heterocycles. The molecule has 8 heteroatoms. The van der Waals surface area contributed by atoms with Crippen molar-refractivity contribution in [1.82, 2.24) is 9.62 Å². The maximum atomic E-state index is 12.7. The molecule has 122 valence electrons. The van der Waals surface area contributed by atoms with Gasteiger partial charge in [0.2, 0.25) is 5.91 Å². The molecule has 1 aliphatic carbocycles. The van der Waals surface area contributed by atoms with Gasteiger partial charge in [0.25, 0.3) is 10.2 Å². The quantitative estimate of drug-likeness (QED) is 0.836. The van der Waals surface area contributed by atoms with Crippen LogP contribution in [0.15, 0.2) is 16.8 Å². The van der Waals surface area contributed by atoms with Crippen molar-refractivity contribution in [3.63, 3.8) is 0 Å². The van der Waals surface area contributed by atoms with E-state index in [0.29, 0.717) is 12.5 Å². The van der Waals surface area contributed by atoms with Crippen LogP contribution in [0.4, 0.5) is 0 Å². The van der Waals surface area contributed by atoms with Crippen LogP contribution in [0.3, 0.4) is 0 Å². The molecule has 1 unspecified atom stereocenters. The molecule has 3 N–H and O–H groups in total. The van der Waals surface area contributed by atoms with Gasteiger partial charge < -0.3 is 4.90 Å². The highest BCUT2D eigenvalue weighted by Gasteiger charge is 2.47. The van der Waals surface area contributed by atoms with Crippen LogP contribution >= 0.6 is 11.3 Å². The number of nitrogens with one attached hydrogen (secondary N) is 1. The van der Waals surface area contributed by atoms with Gasteiger partial charge in [-0.3, -0.25) is 4.79 Å². The van der Waals surface area contributed by atoms with Gasteiger partial charge in [0.15, 0.2) is 0 Å². The number of likely N-dealkylation sites (tertiary alicyclic amines) is 1. The van der Waals surface area contributed by atoms with Crippen molar-refractivity contribution in [1.29, 1.82) is 0 Å². The first-order chi connectivity index (χ1) is 10.5. The molecule has 3 rings (SSSR count). The summed E-state index contributed by atoms with van der Waals surface area (Å²) < 4.78 is 24.5. The van der Waals surface area contributed by atoms with Crippen molar-refractivity contribution < 1.29 is 13.2 Å². The SMILES string of the molecule is NS(=O)(=O)NCC1CCCCN1C(=O)[C@@H]1C[C@H]1c1ccsc1. The smallest absolute Gasteiger partial charge is 0.274 e. The van der Waals surface area contributed by atoms with E-state index < -0.39 is 10.2 Å². The highest BCUT2D eigenvalue weighted by Crippen LogP contribution is 2.49. The van der Waals surface area contributed by atoms with E-state index in [1.165, 1.54) is 5.56 Å². The van der Waals surface area contributed by atoms with Gasteiger partial charge in [-0.15, -0.1) is 0 Å². The topological polar surface area (TPSA) is 92.5 Å². The van der Waals surface area contributed by atoms with Crippen molar-refractivity contribution in [2.45, 2.75) is 37.6 Å². The van der Waals surface area contributed by atoms with Gasteiger partial charge in [-0.1, -0.05) is 0 Å². The number of nitrogens with two attached hydrogens (primary N) is 1. The zero-order chi connectivity index (χ0) is 15.7. The summed E-state index contributed by atoms with van der Waals surface area (Å²) in [6, 6.07) is 2.00. The fraction of sp³-hybridized carbons (Fsp3) is 0.643. The lowest BCUT2D eigenvalue weighted by atomic mass is 10.0. The second-order valence-electron chi connectivity index (χ2n) is 6.08. The molecule has 2 fully saturated rings. The molecule has 22 heavy (non-hydrogen) atoms. The second-order valence-corrected chi connectivity index (χ2v) is 8.24. The van der Waals surface area contributed by atoms with Crippen molar-refractivity contribution in [3.05, 3.63) is 22.4 Å². The third-order valence-electron chi connectivity index (χ3n) is 4.51. The number of nitrogens with zero attached hydrogens (tertiary/aromatic N) is 1. The van der Waals surface area contributed by atoms with Gasteiger partial charge in [-0.2, -0.15) is 19.8 Å². The van der Waals surface area contributed by atoms with Crippen molar-refractivity contribution in [2.75, 3.05) is 13.1 Å². The zero-order valence-electron chi connectivity index (χ0n) is 12.3. The Bertz CT molecular complexity index is 630. The maximum Gasteiger partial charge on any atom is 0.274 e. The van der Waals surface area contributed by atoms with Crippen LogP contribution in [0, 0.1) is 5.92 Å². The Morgan fingerprint density at radius 3 is 2.95 bits per heavy atom. The Hall–Kier alpha value is -0.960. The number of hydrogen-bond donors (Lipinski definition) is 2. The third kappa shape index (κ3) is 3.68. The molecule has 1 aliphatic heterocycles. The first-order valence-corrected chi connectivity index (χ1v) is 10.0. The lowest BCUT2D eigenvalue weighted by Crippen LogP contribution is -2.50. The number of rotatable bonds is 5. The van der Waals surface area contributed by atoms with Gasteiger partial charge in [0.1, 0.15) is 0 Å². The van der Waals surface area contributed by atoms with Crippen LogP contribution in [-0.4, -0.2) is 38.4 Å². The average molecular weight is 343 g/mol. The molecule has 3 atom stereocenters. The van der Waals surface area contributed by atoms with Crippen molar-refractivity contribution in [2.24, 2.45) is 11.1 Å². The second kappa shape index (κ2) is 6.27. The van der Waals surface area contributed by atoms with Crippen LogP contribution in [0.2, 0.25) is 0 Å². The van der Waals surface area contributed by atoms with Gasteiger partial charge >= 0.3 is 0 Å². The number of amides is 1. The average Bonchev–Trinajstić information content (AvgIpc) is 3.09. The molecule has 0 bridgehead atoms. The summed E-state index contributed by atoms with van der Waals surface area (Å²) >= 11 is 1.65. The van der Waals surface area contributed by atoms with Crippen LogP contribution in [0.5, 0.6) is 0 Å². The molecule has 1 amide bonds. The lowest BCUT2D eigenvalue weighted by molar-refractivity contribution is -0.136. The first kappa shape index (κ1) is 15.9. The molecule has 0 radical (unpaired) electrons. The van der Waals surface area contributed by atoms with E-state index in [9.17, 15) is 13.2 Å². The van der Waals surface area contributed by atoms with E-state index in [1.807, 2.05) is 10.3 Å². The Labute approximate surface area is 134 Å². The van der Waals surface area contributed by atoms with Crippen LogP contribution in [-0.2, 0) is 15.0 Å². The summed E-state index contributed by atoms with van der Waals surface area (Å²) in [6.07, 6.45) is 3.72. The highest BCUT2D eigenvalue weighted by atomic mass is 32.2. The summed E-state index contributed by atoms with van der Waals surface area (Å²) in [5, 5.41) is 9.13. The molecule has 2 aliphatic rings. The first-order valence-electron chi connectivity index (χ1n) is 7.55. The van der Waals surface area contributed by atoms with E-state index in [0.717, 1.165) is 25.7 Å². The van der Waals surface area contributed by atoms with E-state index in [4.69, 9.17) is 5.14 Å². The van der Waals surface area contributed by atoms with Crippen LogP contribution in [0.1, 0.15) is 37.2 Å². The molecule has 1 aromatic heterocycles. The molecule has 1 aromatic rings. The van der Waals surface area contributed by atoms with Gasteiger partial charge in [0, 0.05) is 25.0 Å². The van der Waals surface area contributed by atoms with Crippen molar-refractivity contribution >= 4 is 27.5 Å². The normalized spacial score (nSPS) is 28.6. The number of carbonyl (C=O) groups is 1. The van der Waals surface area contributed by atoms with E-state index in [-0.39, 0.29) is 24.4 Å². The summed E-state index contributed by atoms with van der Waals surface area (Å²) in [5.41, 5.74) is 1.25. The molecule has 0 aromatic carbocycles. The van der Waals surface area contributed by atoms with Crippen LogP contribution < -0.4 is 9.86 Å². The number of thiophene rings is 1. The summed E-state index contributed by atoms with van der Waals surface area (Å²) in [6.45, 7) is 0.920. The maximum absolute atomic E-state index is 12.7. The minimum absolute atomic E-state index is 0.0599. The number of piperidine rings is 1. The Morgan fingerprint density at radius 1 is 1.45 bits per heavy atom. The number of hydrogen-bond acceptors (Lipinski definition) is 4. The summed E-state index contributed by atoms with van der Waals surface area (Å²) in [5.74, 6) is 0.564. The van der Waals surface area contributed by atoms with Gasteiger partial charge in [-0.25, -0.2) is 9.86 Å². The Morgan fingerprint density at radius 2 is 2.27 bits per heavy atom. The predicted molar refractivity (Wildman–Crippen MR) is 85.6 cm³/mol. The van der Waals surface area contributed by atoms with Crippen LogP contribution in [0.25, 0.3) is 0 Å². The molecule has 0 spiro atoms. The minimum Gasteiger partial charge on any atom is -0.338 e. The van der Waals surface area contributed by atoms with E-state index >= 15 is 0 Å². The summed E-state index contributed by atoms with van der Waals surface area (Å²) in [7, 11) is -3.71. The van der Waals surface area contributed by atoms with Gasteiger partial charge in [-0.05, 0) is 54.0 Å². The third-order valence-corrected chi connectivity index (χ3v) is 5.78. The minimum atomic E-state index is -3.71. The predicted octanol–water partition coefficient (Wildman–Crippen LogP) is 1.03. The summed E-state index contributed by atoms with van der Waals surface area (Å²) in [4.78, 5) is 14.6. The standard InChI is InChI=1S/C14H21N3O3S2/c15-22(19,20)16-8-11-3-1-2-5-17(11)14(18)13-7-12(13)10-4-6-21-9-10/h4,6,9,11-13,16H,1-3,5,7-8H2,(H2,15,19,20)/t11?,12-,13+/m0/s1. The molecule has 6 nitrogen and oxygen atoms in total. The molecule has 2 heterocycles. The molecular weight excluding hydrogens is 322 g/mol. The highest BCUT2D eigenvalue weighted by molar-refractivity contribution is 7.87. The van der Waals surface area contributed by atoms with Gasteiger partial charge in [0.05, 0.1) is 0 Å². The molecule has 1 saturated carbocycles. The Balaban J connectivity index is 1.62. The van der Waals surface area contributed by atoms with Crippen molar-refractivity contribution in [3.8, 4) is 0 Å². The lowest BCUT2D eigenvalue weighted by Gasteiger charge is -2.36. The van der Waals surface area contributed by atoms with E-state index in [1.54, 1.807) is 11.3 Å². The largest absolute Gasteiger partial charge is 0.338 e. The monoisotopic (exact) mass is 343 g/mol. The zero-order valence-corrected chi connectivity index (χ0v) is 13.9. The molecular formula is C14H21N3O3S2. The Kier molecular flexibility index (Phi) is 4.54.